The molecule has 2 aromatic rings. The average molecular weight is 361 g/mol. The van der Waals surface area contributed by atoms with Gasteiger partial charge in [0.25, 0.3) is 0 Å². The van der Waals surface area contributed by atoms with Gasteiger partial charge in [0.15, 0.2) is 5.78 Å². The number of aromatic nitrogens is 1. The summed E-state index contributed by atoms with van der Waals surface area (Å²) in [6.45, 7) is 8.37. The molecule has 0 N–H and O–H groups in total. The van der Waals surface area contributed by atoms with Crippen molar-refractivity contribution in [2.45, 2.75) is 52.9 Å². The largest absolute Gasteiger partial charge is 0.370 e. The first kappa shape index (κ1) is 17.9. The van der Waals surface area contributed by atoms with Crippen molar-refractivity contribution in [3.05, 3.63) is 46.8 Å². The second-order valence-electron chi connectivity index (χ2n) is 8.81. The zero-order valence-electron chi connectivity index (χ0n) is 16.5. The van der Waals surface area contributed by atoms with Gasteiger partial charge in [-0.3, -0.25) is 4.79 Å². The Balaban J connectivity index is 1.82. The Kier molecular flexibility index (Phi) is 4.34. The summed E-state index contributed by atoms with van der Waals surface area (Å²) in [4.78, 5) is 15.1. The van der Waals surface area contributed by atoms with E-state index in [2.05, 4.69) is 41.6 Å². The fourth-order valence-electron chi connectivity index (χ4n) is 4.67. The van der Waals surface area contributed by atoms with Gasteiger partial charge in [-0.25, -0.2) is 0 Å². The van der Waals surface area contributed by atoms with E-state index >= 15 is 0 Å². The number of carbonyl (C=O) groups is 1. The molecule has 0 saturated carbocycles. The molecule has 2 aliphatic rings. The first-order chi connectivity index (χ1) is 12.9. The average Bonchev–Trinajstić information content (AvgIpc) is 2.97. The first-order valence-corrected chi connectivity index (χ1v) is 9.93. The number of anilines is 1. The van der Waals surface area contributed by atoms with E-state index in [4.69, 9.17) is 0 Å². The first-order valence-electron chi connectivity index (χ1n) is 9.93. The van der Waals surface area contributed by atoms with Crippen LogP contribution in [0, 0.1) is 23.7 Å². The van der Waals surface area contributed by atoms with E-state index in [0.29, 0.717) is 6.42 Å². The molecule has 140 valence electrons. The highest BCUT2D eigenvalue weighted by Gasteiger charge is 2.34. The molecular weight excluding hydrogens is 334 g/mol. The Morgan fingerprint density at radius 3 is 2.56 bits per heavy atom. The van der Waals surface area contributed by atoms with E-state index in [1.807, 2.05) is 19.1 Å². The molecule has 1 fully saturated rings. The number of ketones is 1. The summed E-state index contributed by atoms with van der Waals surface area (Å²) < 4.78 is 2.18. The zero-order chi connectivity index (χ0) is 19.2. The number of nitrogens with zero attached hydrogens (tertiary/aromatic N) is 3. The third kappa shape index (κ3) is 3.16. The number of benzene rings is 1. The van der Waals surface area contributed by atoms with Gasteiger partial charge in [-0.1, -0.05) is 13.8 Å². The van der Waals surface area contributed by atoms with Gasteiger partial charge in [0.05, 0.1) is 11.3 Å². The maximum atomic E-state index is 12.7. The maximum Gasteiger partial charge on any atom is 0.165 e. The number of hydrogen-bond donors (Lipinski definition) is 0. The summed E-state index contributed by atoms with van der Waals surface area (Å²) >= 11 is 0. The molecule has 0 unspecified atom stereocenters. The molecule has 27 heavy (non-hydrogen) atoms. The zero-order valence-corrected chi connectivity index (χ0v) is 16.5. The van der Waals surface area contributed by atoms with Crippen LogP contribution in [0.2, 0.25) is 0 Å². The van der Waals surface area contributed by atoms with Crippen molar-refractivity contribution in [1.29, 1.82) is 5.26 Å². The predicted molar refractivity (Wildman–Crippen MR) is 108 cm³/mol. The molecule has 4 heteroatoms. The van der Waals surface area contributed by atoms with Crippen LogP contribution in [0.3, 0.4) is 0 Å². The minimum absolute atomic E-state index is 0.0189. The summed E-state index contributed by atoms with van der Waals surface area (Å²) in [5, 5.41) is 9.58. The van der Waals surface area contributed by atoms with E-state index in [9.17, 15) is 10.1 Å². The second-order valence-corrected chi connectivity index (χ2v) is 8.81. The van der Waals surface area contributed by atoms with Crippen molar-refractivity contribution < 1.29 is 4.79 Å². The molecule has 4 nitrogen and oxygen atoms in total. The number of piperidine rings is 1. The molecule has 0 radical (unpaired) electrons. The lowest BCUT2D eigenvalue weighted by atomic mass is 9.75. The lowest BCUT2D eigenvalue weighted by molar-refractivity contribution is 0.0910. The normalized spacial score (nSPS) is 18.9. The molecule has 0 atom stereocenters. The second kappa shape index (κ2) is 6.56. The van der Waals surface area contributed by atoms with Crippen molar-refractivity contribution >= 4 is 11.5 Å². The lowest BCUT2D eigenvalue weighted by Gasteiger charge is -2.31. The van der Waals surface area contributed by atoms with Gasteiger partial charge in [-0.15, -0.1) is 0 Å². The van der Waals surface area contributed by atoms with Crippen LogP contribution < -0.4 is 4.90 Å². The molecular formula is C23H27N3O. The highest BCUT2D eigenvalue weighted by Crippen LogP contribution is 2.38. The van der Waals surface area contributed by atoms with E-state index in [1.54, 1.807) is 0 Å². The molecule has 1 aliphatic carbocycles. The van der Waals surface area contributed by atoms with Gasteiger partial charge < -0.3 is 9.47 Å². The van der Waals surface area contributed by atoms with Gasteiger partial charge >= 0.3 is 0 Å². The van der Waals surface area contributed by atoms with Crippen molar-refractivity contribution in [2.75, 3.05) is 18.0 Å². The number of aryl methyl sites for hydroxylation is 1. The van der Waals surface area contributed by atoms with Crippen LogP contribution in [-0.4, -0.2) is 23.4 Å². The summed E-state index contributed by atoms with van der Waals surface area (Å²) in [6.07, 6.45) is 7.20. The fourth-order valence-corrected chi connectivity index (χ4v) is 4.67. The van der Waals surface area contributed by atoms with Gasteiger partial charge in [0.2, 0.25) is 0 Å². The van der Waals surface area contributed by atoms with Crippen LogP contribution in [0.4, 0.5) is 5.69 Å². The molecule has 4 rings (SSSR count). The highest BCUT2D eigenvalue weighted by atomic mass is 16.1. The Morgan fingerprint density at radius 2 is 1.85 bits per heavy atom. The third-order valence-electron chi connectivity index (χ3n) is 5.94. The van der Waals surface area contributed by atoms with Crippen molar-refractivity contribution in [3.63, 3.8) is 0 Å². The van der Waals surface area contributed by atoms with Gasteiger partial charge in [-0.2, -0.15) is 5.26 Å². The Bertz CT molecular complexity index is 939. The van der Waals surface area contributed by atoms with Crippen LogP contribution in [-0.2, 0) is 6.42 Å². The number of Topliss-reactive ketones (excluding diaryl/α,β-unsaturated/α-hetero) is 1. The molecule has 0 amide bonds. The van der Waals surface area contributed by atoms with Gasteiger partial charge in [0, 0.05) is 42.7 Å². The topological polar surface area (TPSA) is 49.0 Å². The molecule has 1 aromatic carbocycles. The quantitative estimate of drug-likeness (QED) is 0.772. The Hall–Kier alpha value is -2.54. The predicted octanol–water partition coefficient (Wildman–Crippen LogP) is 4.80. The third-order valence-corrected chi connectivity index (χ3v) is 5.94. The van der Waals surface area contributed by atoms with Gasteiger partial charge in [-0.05, 0) is 61.8 Å². The standard InChI is InChI=1S/C23H27N3O/c1-16-15-26(20-12-23(2,3)13-21(27)22(16)20)18-8-7-17(14-24)19(11-18)25-9-5-4-6-10-25/h7-8,11,15H,4-6,9-10,12-13H2,1-3H3. The smallest absolute Gasteiger partial charge is 0.165 e. The monoisotopic (exact) mass is 361 g/mol. The van der Waals surface area contributed by atoms with Crippen LogP contribution in [0.5, 0.6) is 0 Å². The molecule has 1 aliphatic heterocycles. The van der Waals surface area contributed by atoms with Crippen molar-refractivity contribution in [2.24, 2.45) is 5.41 Å². The molecule has 0 bridgehead atoms. The van der Waals surface area contributed by atoms with Crippen LogP contribution in [0.25, 0.3) is 5.69 Å². The van der Waals surface area contributed by atoms with E-state index in [0.717, 1.165) is 53.3 Å². The minimum atomic E-state index is -0.0189. The highest BCUT2D eigenvalue weighted by molar-refractivity contribution is 6.00. The van der Waals surface area contributed by atoms with Crippen LogP contribution in [0.15, 0.2) is 24.4 Å². The summed E-state index contributed by atoms with van der Waals surface area (Å²) in [5.74, 6) is 0.252. The number of fused-ring (bicyclic) bond motifs is 1. The minimum Gasteiger partial charge on any atom is -0.370 e. The van der Waals surface area contributed by atoms with Crippen LogP contribution >= 0.6 is 0 Å². The fraction of sp³-hybridized carbons (Fsp3) is 0.478. The Labute approximate surface area is 161 Å². The molecule has 2 heterocycles. The molecule has 1 aromatic heterocycles. The Morgan fingerprint density at radius 1 is 1.11 bits per heavy atom. The van der Waals surface area contributed by atoms with Crippen molar-refractivity contribution in [3.8, 4) is 11.8 Å². The van der Waals surface area contributed by atoms with E-state index in [1.165, 1.54) is 19.3 Å². The van der Waals surface area contributed by atoms with E-state index < -0.39 is 0 Å². The number of rotatable bonds is 2. The number of nitriles is 1. The van der Waals surface area contributed by atoms with Gasteiger partial charge in [0.1, 0.15) is 6.07 Å². The molecule has 0 spiro atoms. The molecule has 1 saturated heterocycles. The maximum absolute atomic E-state index is 12.7. The number of hydrogen-bond acceptors (Lipinski definition) is 3. The summed E-state index contributed by atoms with van der Waals surface area (Å²) in [6, 6.07) is 8.43. The number of carbonyl (C=O) groups excluding carboxylic acids is 1. The summed E-state index contributed by atoms with van der Waals surface area (Å²) in [7, 11) is 0. The summed E-state index contributed by atoms with van der Waals surface area (Å²) in [5.41, 5.74) is 5.85. The van der Waals surface area contributed by atoms with Crippen molar-refractivity contribution in [1.82, 2.24) is 4.57 Å². The lowest BCUT2D eigenvalue weighted by Crippen LogP contribution is -2.30. The van der Waals surface area contributed by atoms with E-state index in [-0.39, 0.29) is 11.2 Å². The van der Waals surface area contributed by atoms with Crippen LogP contribution in [0.1, 0.15) is 66.7 Å². The SMILES string of the molecule is Cc1cn(-c2ccc(C#N)c(N3CCCCC3)c2)c2c1C(=O)CC(C)(C)C2.